The molecule has 0 saturated carbocycles. The third-order valence-electron chi connectivity index (χ3n) is 3.41. The van der Waals surface area contributed by atoms with E-state index < -0.39 is 0 Å². The summed E-state index contributed by atoms with van der Waals surface area (Å²) >= 11 is 0. The van der Waals surface area contributed by atoms with Gasteiger partial charge in [0, 0.05) is 31.0 Å². The number of nitrogen functional groups attached to an aromatic ring is 1. The van der Waals surface area contributed by atoms with E-state index in [0.29, 0.717) is 49.2 Å². The Labute approximate surface area is 132 Å². The molecule has 120 valence electrons. The molecule has 3 rings (SSSR count). The predicted octanol–water partition coefficient (Wildman–Crippen LogP) is 0.0473. The summed E-state index contributed by atoms with van der Waals surface area (Å²) in [5.41, 5.74) is 12.3. The lowest BCUT2D eigenvalue weighted by Gasteiger charge is -2.28. The topological polar surface area (TPSA) is 118 Å². The Balaban J connectivity index is 1.69. The van der Waals surface area contributed by atoms with Crippen LogP contribution in [-0.2, 0) is 4.74 Å². The van der Waals surface area contributed by atoms with E-state index in [1.807, 2.05) is 4.90 Å². The second kappa shape index (κ2) is 6.88. The van der Waals surface area contributed by atoms with Gasteiger partial charge in [-0.3, -0.25) is 20.6 Å². The quantitative estimate of drug-likeness (QED) is 0.677. The van der Waals surface area contributed by atoms with Crippen LogP contribution >= 0.6 is 0 Å². The van der Waals surface area contributed by atoms with Crippen LogP contribution in [0, 0.1) is 0 Å². The zero-order chi connectivity index (χ0) is 16.1. The van der Waals surface area contributed by atoms with Crippen LogP contribution in [0.3, 0.4) is 0 Å². The number of hydrazine groups is 1. The highest BCUT2D eigenvalue weighted by atomic mass is 16.5. The van der Waals surface area contributed by atoms with Crippen molar-refractivity contribution in [3.05, 3.63) is 36.4 Å². The molecule has 0 aromatic carbocycles. The predicted molar refractivity (Wildman–Crippen MR) is 84.8 cm³/mol. The number of rotatable bonds is 4. The summed E-state index contributed by atoms with van der Waals surface area (Å²) in [5.74, 6) is 0.672. The van der Waals surface area contributed by atoms with Crippen molar-refractivity contribution in [3.63, 3.8) is 0 Å². The number of aromatic nitrogens is 3. The minimum Gasteiger partial charge on any atom is -0.393 e. The molecule has 1 saturated heterocycles. The fraction of sp³-hybridized carbons (Fsp3) is 0.286. The summed E-state index contributed by atoms with van der Waals surface area (Å²) < 4.78 is 5.32. The molecule has 0 aliphatic carbocycles. The Kier molecular flexibility index (Phi) is 4.48. The normalized spacial score (nSPS) is 14.3. The van der Waals surface area contributed by atoms with Gasteiger partial charge in [-0.2, -0.15) is 0 Å². The molecule has 1 fully saturated rings. The molecule has 9 nitrogen and oxygen atoms in total. The zero-order valence-corrected chi connectivity index (χ0v) is 12.4. The van der Waals surface area contributed by atoms with E-state index in [-0.39, 0.29) is 5.91 Å². The molecule has 1 aliphatic heterocycles. The number of ether oxygens (including phenoxy) is 1. The van der Waals surface area contributed by atoms with Gasteiger partial charge in [0.15, 0.2) is 11.6 Å². The molecule has 0 unspecified atom stereocenters. The number of nitrogens with one attached hydrogen (secondary N) is 2. The summed E-state index contributed by atoms with van der Waals surface area (Å²) in [6, 6.07) is 3.22. The van der Waals surface area contributed by atoms with Crippen molar-refractivity contribution >= 4 is 23.2 Å². The SMILES string of the molecule is Nc1c(NNC(=O)c2ccncc2)ncnc1N1CCOCC1. The van der Waals surface area contributed by atoms with Crippen LogP contribution in [0.4, 0.5) is 17.3 Å². The van der Waals surface area contributed by atoms with Gasteiger partial charge >= 0.3 is 0 Å². The first-order chi connectivity index (χ1) is 11.3. The summed E-state index contributed by atoms with van der Waals surface area (Å²) in [7, 11) is 0. The molecule has 3 heterocycles. The fourth-order valence-corrected chi connectivity index (χ4v) is 2.20. The van der Waals surface area contributed by atoms with Crippen molar-refractivity contribution in [2.75, 3.05) is 42.4 Å². The lowest BCUT2D eigenvalue weighted by molar-refractivity contribution is 0.0962. The van der Waals surface area contributed by atoms with Crippen LogP contribution in [-0.4, -0.2) is 47.2 Å². The summed E-state index contributed by atoms with van der Waals surface area (Å²) in [5, 5.41) is 0. The maximum atomic E-state index is 12.0. The molecule has 2 aromatic rings. The minimum absolute atomic E-state index is 0.307. The van der Waals surface area contributed by atoms with Gasteiger partial charge in [0.05, 0.1) is 13.2 Å². The summed E-state index contributed by atoms with van der Waals surface area (Å²) in [4.78, 5) is 26.2. The second-order valence-corrected chi connectivity index (χ2v) is 4.87. The molecular formula is C14H17N7O2. The van der Waals surface area contributed by atoms with Crippen molar-refractivity contribution in [1.82, 2.24) is 20.4 Å². The smallest absolute Gasteiger partial charge is 0.269 e. The van der Waals surface area contributed by atoms with Crippen molar-refractivity contribution in [2.24, 2.45) is 0 Å². The van der Waals surface area contributed by atoms with Gasteiger partial charge in [-0.1, -0.05) is 0 Å². The minimum atomic E-state index is -0.307. The number of pyridine rings is 1. The third kappa shape index (κ3) is 3.46. The van der Waals surface area contributed by atoms with Crippen molar-refractivity contribution in [2.45, 2.75) is 0 Å². The van der Waals surface area contributed by atoms with Crippen molar-refractivity contribution < 1.29 is 9.53 Å². The maximum absolute atomic E-state index is 12.0. The van der Waals surface area contributed by atoms with E-state index in [1.165, 1.54) is 6.33 Å². The summed E-state index contributed by atoms with van der Waals surface area (Å²) in [6.07, 6.45) is 4.50. The van der Waals surface area contributed by atoms with Crippen LogP contribution in [0.25, 0.3) is 0 Å². The Hall–Kier alpha value is -2.94. The van der Waals surface area contributed by atoms with E-state index in [2.05, 4.69) is 25.8 Å². The Morgan fingerprint density at radius 3 is 2.70 bits per heavy atom. The molecule has 0 atom stereocenters. The van der Waals surface area contributed by atoms with Gasteiger partial charge in [-0.15, -0.1) is 0 Å². The number of nitrogens with zero attached hydrogens (tertiary/aromatic N) is 4. The lowest BCUT2D eigenvalue weighted by atomic mass is 10.3. The van der Waals surface area contributed by atoms with Crippen LogP contribution < -0.4 is 21.5 Å². The Morgan fingerprint density at radius 1 is 1.22 bits per heavy atom. The number of nitrogens with two attached hydrogens (primary N) is 1. The third-order valence-corrected chi connectivity index (χ3v) is 3.41. The molecule has 23 heavy (non-hydrogen) atoms. The van der Waals surface area contributed by atoms with Crippen LogP contribution in [0.5, 0.6) is 0 Å². The number of anilines is 3. The number of carbonyl (C=O) groups is 1. The molecule has 0 radical (unpaired) electrons. The second-order valence-electron chi connectivity index (χ2n) is 4.87. The number of hydrogen-bond donors (Lipinski definition) is 3. The van der Waals surface area contributed by atoms with E-state index in [9.17, 15) is 4.79 Å². The molecule has 2 aromatic heterocycles. The largest absolute Gasteiger partial charge is 0.393 e. The first-order valence-corrected chi connectivity index (χ1v) is 7.15. The average molecular weight is 315 g/mol. The molecule has 1 aliphatic rings. The lowest BCUT2D eigenvalue weighted by Crippen LogP contribution is -2.37. The van der Waals surface area contributed by atoms with Gasteiger partial charge < -0.3 is 15.4 Å². The summed E-state index contributed by atoms with van der Waals surface area (Å²) in [6.45, 7) is 2.68. The van der Waals surface area contributed by atoms with Crippen LogP contribution in [0.1, 0.15) is 10.4 Å². The van der Waals surface area contributed by atoms with Gasteiger partial charge in [0.1, 0.15) is 12.0 Å². The molecule has 1 amide bonds. The molecule has 0 spiro atoms. The van der Waals surface area contributed by atoms with Gasteiger partial charge in [0.25, 0.3) is 5.91 Å². The van der Waals surface area contributed by atoms with Gasteiger partial charge in [-0.05, 0) is 12.1 Å². The van der Waals surface area contributed by atoms with E-state index in [1.54, 1.807) is 24.5 Å². The Bertz CT molecular complexity index is 674. The van der Waals surface area contributed by atoms with Gasteiger partial charge in [0.2, 0.25) is 0 Å². The number of carbonyl (C=O) groups excluding carboxylic acids is 1. The standard InChI is InChI=1S/C14H17N7O2/c15-11-12(19-20-14(22)10-1-3-16-4-2-10)17-9-18-13(11)21-5-7-23-8-6-21/h1-4,9H,5-8,15H2,(H,20,22)(H,17,18,19). The first-order valence-electron chi connectivity index (χ1n) is 7.15. The highest BCUT2D eigenvalue weighted by Crippen LogP contribution is 2.26. The molecule has 0 bridgehead atoms. The first kappa shape index (κ1) is 15.0. The van der Waals surface area contributed by atoms with Crippen molar-refractivity contribution in [3.8, 4) is 0 Å². The molecule has 9 heteroatoms. The van der Waals surface area contributed by atoms with E-state index in [0.717, 1.165) is 0 Å². The van der Waals surface area contributed by atoms with E-state index >= 15 is 0 Å². The fourth-order valence-electron chi connectivity index (χ4n) is 2.20. The van der Waals surface area contributed by atoms with Crippen molar-refractivity contribution in [1.29, 1.82) is 0 Å². The number of morpholine rings is 1. The van der Waals surface area contributed by atoms with Gasteiger partial charge in [-0.25, -0.2) is 9.97 Å². The highest BCUT2D eigenvalue weighted by molar-refractivity contribution is 5.95. The molecule has 4 N–H and O–H groups in total. The highest BCUT2D eigenvalue weighted by Gasteiger charge is 2.18. The monoisotopic (exact) mass is 315 g/mol. The Morgan fingerprint density at radius 2 is 1.96 bits per heavy atom. The average Bonchev–Trinajstić information content (AvgIpc) is 2.62. The van der Waals surface area contributed by atoms with Crippen LogP contribution in [0.15, 0.2) is 30.9 Å². The maximum Gasteiger partial charge on any atom is 0.269 e. The van der Waals surface area contributed by atoms with E-state index in [4.69, 9.17) is 10.5 Å². The number of hydrogen-bond acceptors (Lipinski definition) is 8. The zero-order valence-electron chi connectivity index (χ0n) is 12.4. The molecular weight excluding hydrogens is 298 g/mol. The number of amides is 1. The van der Waals surface area contributed by atoms with Crippen LogP contribution in [0.2, 0.25) is 0 Å².